The lowest BCUT2D eigenvalue weighted by Gasteiger charge is -2.09. The molecule has 0 aliphatic heterocycles. The maximum atomic E-state index is 13.3. The van der Waals surface area contributed by atoms with Crippen LogP contribution in [-0.4, -0.2) is 0 Å². The average molecular weight is 349 g/mol. The Morgan fingerprint density at radius 1 is 1.11 bits per heavy atom. The molecule has 0 saturated heterocycles. The zero-order valence-electron chi connectivity index (χ0n) is 9.18. The van der Waals surface area contributed by atoms with Gasteiger partial charge in [-0.3, -0.25) is 0 Å². The molecule has 2 rings (SSSR count). The molecule has 2 aromatic carbocycles. The van der Waals surface area contributed by atoms with Crippen LogP contribution in [-0.2, 0) is 6.54 Å². The maximum absolute atomic E-state index is 13.3. The van der Waals surface area contributed by atoms with Gasteiger partial charge in [0, 0.05) is 16.0 Å². The fraction of sp³-hybridized carbons (Fsp3) is 0.0769. The molecule has 1 nitrogen and oxygen atoms in total. The first-order valence-electron chi connectivity index (χ1n) is 5.19. The van der Waals surface area contributed by atoms with E-state index in [-0.39, 0.29) is 5.02 Å². The van der Waals surface area contributed by atoms with Gasteiger partial charge in [0.25, 0.3) is 0 Å². The van der Waals surface area contributed by atoms with Gasteiger partial charge in [-0.2, -0.15) is 0 Å². The summed E-state index contributed by atoms with van der Waals surface area (Å²) in [5, 5.41) is 3.94. The molecule has 2 aromatic rings. The van der Waals surface area contributed by atoms with E-state index in [1.165, 1.54) is 6.07 Å². The van der Waals surface area contributed by atoms with Gasteiger partial charge in [-0.25, -0.2) is 4.39 Å². The first-order valence-corrected chi connectivity index (χ1v) is 6.74. The van der Waals surface area contributed by atoms with E-state index >= 15 is 0 Å². The summed E-state index contributed by atoms with van der Waals surface area (Å²) in [6.45, 7) is 0.493. The maximum Gasteiger partial charge on any atom is 0.142 e. The highest BCUT2D eigenvalue weighted by Crippen LogP contribution is 2.26. The van der Waals surface area contributed by atoms with E-state index in [1.807, 2.05) is 6.07 Å². The number of halogens is 4. The molecule has 0 aliphatic rings. The summed E-state index contributed by atoms with van der Waals surface area (Å²) in [5.74, 6) is -0.416. The Morgan fingerprint density at radius 2 is 1.89 bits per heavy atom. The lowest BCUT2D eigenvalue weighted by Crippen LogP contribution is -2.00. The second-order valence-electron chi connectivity index (χ2n) is 3.73. The Balaban J connectivity index is 2.11. The summed E-state index contributed by atoms with van der Waals surface area (Å²) in [6, 6.07) is 10.2. The molecule has 0 unspecified atom stereocenters. The molecule has 0 atom stereocenters. The van der Waals surface area contributed by atoms with Crippen molar-refractivity contribution in [3.8, 4) is 0 Å². The molecule has 0 saturated carbocycles. The summed E-state index contributed by atoms with van der Waals surface area (Å²) in [7, 11) is 0. The minimum Gasteiger partial charge on any atom is -0.380 e. The molecule has 94 valence electrons. The molecule has 0 amide bonds. The smallest absolute Gasteiger partial charge is 0.142 e. The predicted octanol–water partition coefficient (Wildman–Crippen LogP) is 5.51. The highest BCUT2D eigenvalue weighted by Gasteiger charge is 2.03. The van der Waals surface area contributed by atoms with Crippen molar-refractivity contribution in [3.05, 3.63) is 62.3 Å². The molecule has 0 aliphatic carbocycles. The van der Waals surface area contributed by atoms with E-state index < -0.39 is 5.82 Å². The second-order valence-corrected chi connectivity index (χ2v) is 5.42. The van der Waals surface area contributed by atoms with Crippen LogP contribution in [0.5, 0.6) is 0 Å². The molecule has 0 spiro atoms. The second kappa shape index (κ2) is 5.91. The fourth-order valence-corrected chi connectivity index (χ4v) is 2.16. The molecule has 1 N–H and O–H groups in total. The van der Waals surface area contributed by atoms with Crippen molar-refractivity contribution >= 4 is 44.8 Å². The molecule has 18 heavy (non-hydrogen) atoms. The molecule has 0 aromatic heterocycles. The molecule has 0 radical (unpaired) electrons. The van der Waals surface area contributed by atoms with E-state index in [0.29, 0.717) is 11.6 Å². The van der Waals surface area contributed by atoms with Crippen LogP contribution in [0.15, 0.2) is 40.9 Å². The van der Waals surface area contributed by atoms with Crippen molar-refractivity contribution in [2.24, 2.45) is 0 Å². The SMILES string of the molecule is Fc1cc(CNc2cc(Cl)ccc2Br)ccc1Cl. The van der Waals surface area contributed by atoms with Gasteiger partial charge in [-0.05, 0) is 51.8 Å². The van der Waals surface area contributed by atoms with Crippen molar-refractivity contribution < 1.29 is 4.39 Å². The third kappa shape index (κ3) is 3.37. The highest BCUT2D eigenvalue weighted by molar-refractivity contribution is 9.10. The molecule has 0 fully saturated rings. The summed E-state index contributed by atoms with van der Waals surface area (Å²) in [4.78, 5) is 0. The van der Waals surface area contributed by atoms with Gasteiger partial charge in [0.2, 0.25) is 0 Å². The standard InChI is InChI=1S/C13H9BrCl2FN/c14-10-3-2-9(15)6-13(10)18-7-8-1-4-11(16)12(17)5-8/h1-6,18H,7H2. The third-order valence-corrected chi connectivity index (χ3v) is 3.63. The van der Waals surface area contributed by atoms with Gasteiger partial charge >= 0.3 is 0 Å². The third-order valence-electron chi connectivity index (χ3n) is 2.40. The van der Waals surface area contributed by atoms with Gasteiger partial charge in [0.15, 0.2) is 0 Å². The molecular weight excluding hydrogens is 340 g/mol. The fourth-order valence-electron chi connectivity index (χ4n) is 1.48. The average Bonchev–Trinajstić information content (AvgIpc) is 2.34. The predicted molar refractivity (Wildman–Crippen MR) is 77.9 cm³/mol. The van der Waals surface area contributed by atoms with Gasteiger partial charge in [0.1, 0.15) is 5.82 Å². The Bertz CT molecular complexity index is 575. The van der Waals surface area contributed by atoms with Crippen molar-refractivity contribution in [3.63, 3.8) is 0 Å². The zero-order chi connectivity index (χ0) is 13.1. The van der Waals surface area contributed by atoms with E-state index in [9.17, 15) is 4.39 Å². The summed E-state index contributed by atoms with van der Waals surface area (Å²) < 4.78 is 14.2. The van der Waals surface area contributed by atoms with Gasteiger partial charge in [-0.15, -0.1) is 0 Å². The van der Waals surface area contributed by atoms with Crippen molar-refractivity contribution in [1.29, 1.82) is 0 Å². The number of rotatable bonds is 3. The number of hydrogen-bond donors (Lipinski definition) is 1. The van der Waals surface area contributed by atoms with Crippen LogP contribution < -0.4 is 5.32 Å². The van der Waals surface area contributed by atoms with Crippen LogP contribution in [0.1, 0.15) is 5.56 Å². The van der Waals surface area contributed by atoms with Crippen LogP contribution in [0.4, 0.5) is 10.1 Å². The van der Waals surface area contributed by atoms with Crippen LogP contribution in [0.25, 0.3) is 0 Å². The Morgan fingerprint density at radius 3 is 2.61 bits per heavy atom. The van der Waals surface area contributed by atoms with E-state index in [2.05, 4.69) is 21.2 Å². The lowest BCUT2D eigenvalue weighted by atomic mass is 10.2. The first-order chi connectivity index (χ1) is 8.56. The van der Waals surface area contributed by atoms with E-state index in [1.54, 1.807) is 24.3 Å². The molecular formula is C13H9BrCl2FN. The van der Waals surface area contributed by atoms with Crippen molar-refractivity contribution in [2.75, 3.05) is 5.32 Å². The Kier molecular flexibility index (Phi) is 4.49. The minimum absolute atomic E-state index is 0.127. The first kappa shape index (κ1) is 13.7. The van der Waals surface area contributed by atoms with E-state index in [0.717, 1.165) is 15.7 Å². The number of hydrogen-bond acceptors (Lipinski definition) is 1. The summed E-state index contributed by atoms with van der Waals surface area (Å²) in [5.41, 5.74) is 1.67. The van der Waals surface area contributed by atoms with Crippen LogP contribution in [0, 0.1) is 5.82 Å². The normalized spacial score (nSPS) is 10.4. The number of anilines is 1. The van der Waals surface area contributed by atoms with Gasteiger partial charge < -0.3 is 5.32 Å². The summed E-state index contributed by atoms with van der Waals surface area (Å²) >= 11 is 14.9. The summed E-state index contributed by atoms with van der Waals surface area (Å²) in [6.07, 6.45) is 0. The molecule has 5 heteroatoms. The quantitative estimate of drug-likeness (QED) is 0.771. The van der Waals surface area contributed by atoms with Gasteiger partial charge in [-0.1, -0.05) is 29.3 Å². The topological polar surface area (TPSA) is 12.0 Å². The molecule has 0 heterocycles. The van der Waals surface area contributed by atoms with Crippen LogP contribution in [0.2, 0.25) is 10.0 Å². The van der Waals surface area contributed by atoms with Gasteiger partial charge in [0.05, 0.1) is 10.7 Å². The Hall–Kier alpha value is -0.770. The minimum atomic E-state index is -0.416. The largest absolute Gasteiger partial charge is 0.380 e. The number of nitrogens with one attached hydrogen (secondary N) is 1. The van der Waals surface area contributed by atoms with Crippen molar-refractivity contribution in [2.45, 2.75) is 6.54 Å². The zero-order valence-corrected chi connectivity index (χ0v) is 12.3. The molecule has 0 bridgehead atoms. The Labute approximate surface area is 123 Å². The monoisotopic (exact) mass is 347 g/mol. The lowest BCUT2D eigenvalue weighted by molar-refractivity contribution is 0.626. The van der Waals surface area contributed by atoms with Crippen LogP contribution >= 0.6 is 39.1 Å². The van der Waals surface area contributed by atoms with Crippen LogP contribution in [0.3, 0.4) is 0 Å². The van der Waals surface area contributed by atoms with Crippen molar-refractivity contribution in [1.82, 2.24) is 0 Å². The highest BCUT2D eigenvalue weighted by atomic mass is 79.9. The number of benzene rings is 2. The van der Waals surface area contributed by atoms with E-state index in [4.69, 9.17) is 23.2 Å².